The van der Waals surface area contributed by atoms with Crippen LogP contribution in [0.5, 0.6) is 0 Å². The van der Waals surface area contributed by atoms with Crippen molar-refractivity contribution in [2.24, 2.45) is 17.1 Å². The van der Waals surface area contributed by atoms with Crippen LogP contribution in [0.3, 0.4) is 0 Å². The van der Waals surface area contributed by atoms with Crippen molar-refractivity contribution in [2.75, 3.05) is 0 Å². The summed E-state index contributed by atoms with van der Waals surface area (Å²) in [4.78, 5) is 22.0. The highest BCUT2D eigenvalue weighted by Crippen LogP contribution is 2.32. The summed E-state index contributed by atoms with van der Waals surface area (Å²) in [5.41, 5.74) is 6.63. The summed E-state index contributed by atoms with van der Waals surface area (Å²) in [6, 6.07) is 8.22. The summed E-state index contributed by atoms with van der Waals surface area (Å²) in [5, 5.41) is 18.0. The van der Waals surface area contributed by atoms with Gasteiger partial charge in [-0.25, -0.2) is 0 Å². The van der Waals surface area contributed by atoms with Crippen molar-refractivity contribution in [1.29, 1.82) is 0 Å². The van der Waals surface area contributed by atoms with Gasteiger partial charge in [0, 0.05) is 5.54 Å². The molecule has 25 heavy (non-hydrogen) atoms. The van der Waals surface area contributed by atoms with E-state index in [-0.39, 0.29) is 24.3 Å². The van der Waals surface area contributed by atoms with Crippen molar-refractivity contribution in [2.45, 2.75) is 66.3 Å². The molecule has 0 aliphatic rings. The number of carboxylic acid groups (broad SMARTS) is 2. The van der Waals surface area contributed by atoms with Crippen LogP contribution < -0.4 is 5.73 Å². The molecule has 0 spiro atoms. The fourth-order valence-corrected chi connectivity index (χ4v) is 3.00. The minimum Gasteiger partial charge on any atom is -0.480 e. The highest BCUT2D eigenvalue weighted by atomic mass is 16.4. The average Bonchev–Trinajstić information content (AvgIpc) is 2.45. The Kier molecular flexibility index (Phi) is 8.84. The normalized spacial score (nSPS) is 11.7. The summed E-state index contributed by atoms with van der Waals surface area (Å²) in [5.74, 6) is -2.38. The first-order chi connectivity index (χ1) is 11.4. The molecule has 0 saturated heterocycles. The molecular weight excluding hydrogens is 318 g/mol. The molecule has 0 amide bonds. The number of nitrogens with two attached hydrogens (primary N) is 1. The molecule has 1 rings (SSSR count). The van der Waals surface area contributed by atoms with Gasteiger partial charge in [-0.2, -0.15) is 0 Å². The molecule has 0 atom stereocenters. The van der Waals surface area contributed by atoms with E-state index < -0.39 is 17.4 Å². The second kappa shape index (κ2) is 9.56. The van der Waals surface area contributed by atoms with Crippen LogP contribution in [0.1, 0.15) is 65.0 Å². The van der Waals surface area contributed by atoms with E-state index in [1.54, 1.807) is 6.92 Å². The fraction of sp³-hybridized carbons (Fsp3) is 0.600. The Bertz CT molecular complexity index is 559. The zero-order valence-corrected chi connectivity index (χ0v) is 16.3. The molecule has 0 unspecified atom stereocenters. The van der Waals surface area contributed by atoms with Crippen molar-refractivity contribution in [3.63, 3.8) is 0 Å². The lowest BCUT2D eigenvalue weighted by molar-refractivity contribution is -0.166. The second-order valence-corrected chi connectivity index (χ2v) is 7.58. The predicted octanol–water partition coefficient (Wildman–Crippen LogP) is 4.18. The number of benzene rings is 1. The zero-order chi connectivity index (χ0) is 19.8. The SMILES string of the molecule is CCCC(CC(C)C)(C(=O)O)C(=O)O.Cc1ccccc1C(C)(C)N. The van der Waals surface area contributed by atoms with Gasteiger partial charge < -0.3 is 15.9 Å². The molecule has 0 aliphatic heterocycles. The van der Waals surface area contributed by atoms with Gasteiger partial charge in [0.25, 0.3) is 0 Å². The highest BCUT2D eigenvalue weighted by molar-refractivity contribution is 5.98. The van der Waals surface area contributed by atoms with Gasteiger partial charge in [-0.15, -0.1) is 0 Å². The van der Waals surface area contributed by atoms with Crippen LogP contribution in [-0.2, 0) is 15.1 Å². The molecule has 0 fully saturated rings. The van der Waals surface area contributed by atoms with Crippen LogP contribution in [0.4, 0.5) is 0 Å². The largest absolute Gasteiger partial charge is 0.480 e. The van der Waals surface area contributed by atoms with Gasteiger partial charge in [-0.3, -0.25) is 9.59 Å². The molecule has 0 heterocycles. The van der Waals surface area contributed by atoms with Crippen molar-refractivity contribution in [1.82, 2.24) is 0 Å². The van der Waals surface area contributed by atoms with Crippen LogP contribution >= 0.6 is 0 Å². The van der Waals surface area contributed by atoms with Crippen LogP contribution in [-0.4, -0.2) is 22.2 Å². The molecule has 1 aromatic carbocycles. The van der Waals surface area contributed by atoms with E-state index in [0.29, 0.717) is 6.42 Å². The Balaban J connectivity index is 0.000000472. The van der Waals surface area contributed by atoms with E-state index in [1.807, 2.05) is 39.8 Å². The van der Waals surface area contributed by atoms with Gasteiger partial charge in [0.1, 0.15) is 0 Å². The topological polar surface area (TPSA) is 101 Å². The molecule has 0 bridgehead atoms. The van der Waals surface area contributed by atoms with E-state index in [2.05, 4.69) is 19.1 Å². The maximum absolute atomic E-state index is 11.0. The van der Waals surface area contributed by atoms with Crippen molar-refractivity contribution < 1.29 is 19.8 Å². The highest BCUT2D eigenvalue weighted by Gasteiger charge is 2.45. The first kappa shape index (κ1) is 23.1. The van der Waals surface area contributed by atoms with Crippen LogP contribution in [0.25, 0.3) is 0 Å². The zero-order valence-electron chi connectivity index (χ0n) is 16.3. The molecule has 0 saturated carbocycles. The summed E-state index contributed by atoms with van der Waals surface area (Å²) in [6.45, 7) is 11.6. The molecule has 4 N–H and O–H groups in total. The van der Waals surface area contributed by atoms with Gasteiger partial charge in [0.05, 0.1) is 0 Å². The van der Waals surface area contributed by atoms with Crippen LogP contribution in [0.2, 0.25) is 0 Å². The molecule has 0 aliphatic carbocycles. The monoisotopic (exact) mass is 351 g/mol. The molecule has 5 nitrogen and oxygen atoms in total. The van der Waals surface area contributed by atoms with Gasteiger partial charge in [0.15, 0.2) is 5.41 Å². The number of aryl methyl sites for hydroxylation is 1. The number of aliphatic carboxylic acids is 2. The number of hydrogen-bond acceptors (Lipinski definition) is 3. The molecule has 142 valence electrons. The first-order valence-corrected chi connectivity index (χ1v) is 8.70. The molecule has 0 radical (unpaired) electrons. The lowest BCUT2D eigenvalue weighted by Crippen LogP contribution is -2.40. The number of hydrogen-bond donors (Lipinski definition) is 3. The molecular formula is C20H33NO4. The van der Waals surface area contributed by atoms with E-state index in [4.69, 9.17) is 15.9 Å². The number of carbonyl (C=O) groups is 2. The smallest absolute Gasteiger partial charge is 0.321 e. The van der Waals surface area contributed by atoms with Gasteiger partial charge in [-0.05, 0) is 50.7 Å². The summed E-state index contributed by atoms with van der Waals surface area (Å²) in [7, 11) is 0. The van der Waals surface area contributed by atoms with Crippen molar-refractivity contribution in [3.05, 3.63) is 35.4 Å². The maximum Gasteiger partial charge on any atom is 0.321 e. The Morgan fingerprint density at radius 2 is 1.60 bits per heavy atom. The van der Waals surface area contributed by atoms with Gasteiger partial charge in [-0.1, -0.05) is 51.5 Å². The van der Waals surface area contributed by atoms with Gasteiger partial charge in [0.2, 0.25) is 0 Å². The fourth-order valence-electron chi connectivity index (χ4n) is 3.00. The summed E-state index contributed by atoms with van der Waals surface area (Å²) < 4.78 is 0. The maximum atomic E-state index is 11.0. The standard InChI is InChI=1S/C10H15N.C10H18O4/c1-8-6-4-5-7-9(8)10(2,3)11;1-4-5-10(8(11)12,9(13)14)6-7(2)3/h4-7H,11H2,1-3H3;7H,4-6H2,1-3H3,(H,11,12)(H,13,14). The number of rotatable bonds is 7. The van der Waals surface area contributed by atoms with Crippen LogP contribution in [0.15, 0.2) is 24.3 Å². The summed E-state index contributed by atoms with van der Waals surface area (Å²) >= 11 is 0. The second-order valence-electron chi connectivity index (χ2n) is 7.58. The minimum atomic E-state index is -1.59. The predicted molar refractivity (Wildman–Crippen MR) is 100 cm³/mol. The third-order valence-corrected chi connectivity index (χ3v) is 4.09. The number of carboxylic acids is 2. The Morgan fingerprint density at radius 3 is 1.88 bits per heavy atom. The first-order valence-electron chi connectivity index (χ1n) is 8.70. The van der Waals surface area contributed by atoms with Crippen molar-refractivity contribution >= 4 is 11.9 Å². The summed E-state index contributed by atoms with van der Waals surface area (Å²) in [6.07, 6.45) is 0.937. The van der Waals surface area contributed by atoms with Crippen molar-refractivity contribution in [3.8, 4) is 0 Å². The molecule has 5 heteroatoms. The quantitative estimate of drug-likeness (QED) is 0.640. The van der Waals surface area contributed by atoms with E-state index in [0.717, 1.165) is 0 Å². The van der Waals surface area contributed by atoms with E-state index >= 15 is 0 Å². The minimum absolute atomic E-state index is 0.0637. The van der Waals surface area contributed by atoms with E-state index in [9.17, 15) is 9.59 Å². The van der Waals surface area contributed by atoms with Crippen LogP contribution in [0, 0.1) is 18.3 Å². The lowest BCUT2D eigenvalue weighted by atomic mass is 9.76. The molecule has 1 aromatic rings. The van der Waals surface area contributed by atoms with E-state index in [1.165, 1.54) is 11.1 Å². The van der Waals surface area contributed by atoms with Gasteiger partial charge >= 0.3 is 11.9 Å². The third kappa shape index (κ3) is 6.86. The Hall–Kier alpha value is -1.88. The Morgan fingerprint density at radius 1 is 1.12 bits per heavy atom. The molecule has 0 aromatic heterocycles. The Labute approximate surface area is 151 Å². The lowest BCUT2D eigenvalue weighted by Gasteiger charge is -2.25. The average molecular weight is 351 g/mol. The third-order valence-electron chi connectivity index (χ3n) is 4.09.